The molecule has 2 aromatic heterocycles. The van der Waals surface area contributed by atoms with Gasteiger partial charge in [0.15, 0.2) is 0 Å². The van der Waals surface area contributed by atoms with Crippen molar-refractivity contribution < 1.29 is 22.5 Å². The van der Waals surface area contributed by atoms with Crippen molar-refractivity contribution in [2.24, 2.45) is 0 Å². The topological polar surface area (TPSA) is 85.8 Å². The van der Waals surface area contributed by atoms with Gasteiger partial charge in [-0.1, -0.05) is 23.4 Å². The molecule has 0 atom stereocenters. The third-order valence-corrected chi connectivity index (χ3v) is 4.22. The smallest absolute Gasteiger partial charge is 0.350 e. The molecule has 29 heavy (non-hydrogen) atoms. The number of hydrogen-bond donors (Lipinski definition) is 1. The monoisotopic (exact) mass is 401 g/mol. The Morgan fingerprint density at radius 2 is 1.93 bits per heavy atom. The zero-order chi connectivity index (χ0) is 20.4. The van der Waals surface area contributed by atoms with Crippen molar-refractivity contribution in [3.63, 3.8) is 0 Å². The van der Waals surface area contributed by atoms with Gasteiger partial charge in [-0.05, 0) is 30.3 Å². The quantitative estimate of drug-likeness (QED) is 0.553. The van der Waals surface area contributed by atoms with Gasteiger partial charge in [0.2, 0.25) is 5.82 Å². The van der Waals surface area contributed by atoms with Crippen LogP contribution in [0.1, 0.15) is 16.2 Å². The van der Waals surface area contributed by atoms with Gasteiger partial charge in [-0.15, -0.1) is 0 Å². The van der Waals surface area contributed by atoms with E-state index in [-0.39, 0.29) is 11.7 Å². The van der Waals surface area contributed by atoms with Gasteiger partial charge in [-0.2, -0.15) is 18.2 Å². The second-order valence-corrected chi connectivity index (χ2v) is 6.18. The maximum atomic E-state index is 12.7. The number of hydrogen-bond acceptors (Lipinski definition) is 5. The molecule has 4 aromatic rings. The van der Waals surface area contributed by atoms with E-state index in [9.17, 15) is 18.0 Å². The molecule has 2 heterocycles. The van der Waals surface area contributed by atoms with Crippen LogP contribution in [0.2, 0.25) is 0 Å². The summed E-state index contributed by atoms with van der Waals surface area (Å²) in [6, 6.07) is 13.7. The van der Waals surface area contributed by atoms with E-state index in [4.69, 9.17) is 0 Å². The zero-order valence-corrected chi connectivity index (χ0v) is 14.8. The summed E-state index contributed by atoms with van der Waals surface area (Å²) in [5.41, 5.74) is 2.26. The van der Waals surface area contributed by atoms with Crippen molar-refractivity contribution >= 4 is 16.9 Å². The lowest BCUT2D eigenvalue weighted by atomic mass is 10.2. The van der Waals surface area contributed by atoms with Crippen LogP contribution in [0.25, 0.3) is 22.4 Å². The maximum Gasteiger partial charge on any atom is 0.471 e. The molecule has 0 aliphatic carbocycles. The highest BCUT2D eigenvalue weighted by Gasteiger charge is 2.38. The Morgan fingerprint density at radius 3 is 2.66 bits per heavy atom. The van der Waals surface area contributed by atoms with Crippen LogP contribution in [0.3, 0.4) is 0 Å². The maximum absolute atomic E-state index is 12.7. The molecule has 0 saturated heterocycles. The predicted molar refractivity (Wildman–Crippen MR) is 96.8 cm³/mol. The van der Waals surface area contributed by atoms with Crippen molar-refractivity contribution in [1.82, 2.24) is 25.0 Å². The van der Waals surface area contributed by atoms with Gasteiger partial charge in [0, 0.05) is 24.2 Å². The lowest BCUT2D eigenvalue weighted by molar-refractivity contribution is -0.159. The molecule has 1 N–H and O–H groups in total. The molecule has 10 heteroatoms. The number of halogens is 3. The number of nitrogens with one attached hydrogen (secondary N) is 1. The van der Waals surface area contributed by atoms with Crippen LogP contribution in [-0.4, -0.2) is 32.1 Å². The minimum atomic E-state index is -4.70. The number of rotatable bonds is 5. The van der Waals surface area contributed by atoms with Gasteiger partial charge in [0.05, 0.1) is 17.4 Å². The minimum Gasteiger partial charge on any atom is -0.350 e. The molecule has 1 amide bonds. The Hall–Kier alpha value is -3.69. The van der Waals surface area contributed by atoms with Gasteiger partial charge in [0.1, 0.15) is 0 Å². The summed E-state index contributed by atoms with van der Waals surface area (Å²) in [6.45, 7) is 0.780. The van der Waals surface area contributed by atoms with E-state index < -0.39 is 12.1 Å². The Labute approximate surface area is 162 Å². The summed E-state index contributed by atoms with van der Waals surface area (Å²) >= 11 is 0. The number of fused-ring (bicyclic) bond motifs is 1. The second-order valence-electron chi connectivity index (χ2n) is 6.18. The van der Waals surface area contributed by atoms with Gasteiger partial charge >= 0.3 is 12.1 Å². The fourth-order valence-electron chi connectivity index (χ4n) is 2.81. The number of benzene rings is 2. The highest BCUT2D eigenvalue weighted by atomic mass is 19.4. The molecule has 0 spiro atoms. The highest BCUT2D eigenvalue weighted by Crippen LogP contribution is 2.30. The van der Waals surface area contributed by atoms with Crippen molar-refractivity contribution in [3.05, 3.63) is 66.3 Å². The van der Waals surface area contributed by atoms with Crippen molar-refractivity contribution in [2.45, 2.75) is 12.7 Å². The molecule has 148 valence electrons. The summed E-state index contributed by atoms with van der Waals surface area (Å²) in [5.74, 6) is -1.75. The molecule has 4 rings (SSSR count). The lowest BCUT2D eigenvalue weighted by Crippen LogP contribution is -2.27. The molecular formula is C19H14F3N5O2. The number of nitrogens with zero attached hydrogens (tertiary/aromatic N) is 4. The van der Waals surface area contributed by atoms with Crippen LogP contribution in [0, 0.1) is 0 Å². The van der Waals surface area contributed by atoms with Crippen LogP contribution in [0.5, 0.6) is 0 Å². The first-order chi connectivity index (χ1) is 13.9. The van der Waals surface area contributed by atoms with E-state index in [2.05, 4.69) is 25.0 Å². The third-order valence-electron chi connectivity index (χ3n) is 4.22. The molecule has 2 aromatic carbocycles. The molecule has 0 bridgehead atoms. The fraction of sp³-hybridized carbons (Fsp3) is 0.158. The van der Waals surface area contributed by atoms with Crippen LogP contribution >= 0.6 is 0 Å². The van der Waals surface area contributed by atoms with E-state index in [1.807, 2.05) is 6.07 Å². The molecule has 0 fully saturated rings. The molecular weight excluding hydrogens is 387 g/mol. The molecule has 0 aliphatic heterocycles. The van der Waals surface area contributed by atoms with Gasteiger partial charge < -0.3 is 14.4 Å². The predicted octanol–water partition coefficient (Wildman–Crippen LogP) is 3.54. The van der Waals surface area contributed by atoms with Crippen molar-refractivity contribution in [2.75, 3.05) is 6.54 Å². The number of amides is 1. The van der Waals surface area contributed by atoms with Crippen LogP contribution in [0.15, 0.2) is 59.4 Å². The molecule has 0 aliphatic rings. The Bertz CT molecular complexity index is 1150. The van der Waals surface area contributed by atoms with Crippen LogP contribution < -0.4 is 5.32 Å². The lowest BCUT2D eigenvalue weighted by Gasteiger charge is -2.07. The Balaban J connectivity index is 1.50. The SMILES string of the molecule is O=C(NCCn1cnc2ccc(-c3noc(C(F)(F)F)n3)cc21)c1ccccc1. The molecule has 7 nitrogen and oxygen atoms in total. The average molecular weight is 401 g/mol. The molecule has 0 radical (unpaired) electrons. The third kappa shape index (κ3) is 3.96. The van der Waals surface area contributed by atoms with Gasteiger partial charge in [-0.25, -0.2) is 4.98 Å². The standard InChI is InChI=1S/C19H14F3N5O2/c20-19(21,22)18-25-16(26-29-18)13-6-7-14-15(10-13)27(11-24-14)9-8-23-17(28)12-4-2-1-3-5-12/h1-7,10-11H,8-9H2,(H,23,28). The largest absolute Gasteiger partial charge is 0.471 e. The summed E-state index contributed by atoms with van der Waals surface area (Å²) in [5, 5.41) is 6.22. The summed E-state index contributed by atoms with van der Waals surface area (Å²) in [4.78, 5) is 19.8. The van der Waals surface area contributed by atoms with Crippen LogP contribution in [-0.2, 0) is 12.7 Å². The second kappa shape index (κ2) is 7.38. The van der Waals surface area contributed by atoms with Crippen molar-refractivity contribution in [1.29, 1.82) is 0 Å². The van der Waals surface area contributed by atoms with Crippen molar-refractivity contribution in [3.8, 4) is 11.4 Å². The highest BCUT2D eigenvalue weighted by molar-refractivity contribution is 5.94. The first kappa shape index (κ1) is 18.7. The minimum absolute atomic E-state index is 0.163. The summed E-state index contributed by atoms with van der Waals surface area (Å²) in [7, 11) is 0. The Kier molecular flexibility index (Phi) is 4.75. The number of alkyl halides is 3. The average Bonchev–Trinajstić information content (AvgIpc) is 3.36. The van der Waals surface area contributed by atoms with E-state index in [0.29, 0.717) is 35.2 Å². The van der Waals surface area contributed by atoms with Gasteiger partial charge in [0.25, 0.3) is 5.91 Å². The van der Waals surface area contributed by atoms with E-state index >= 15 is 0 Å². The molecule has 0 saturated carbocycles. The first-order valence-corrected chi connectivity index (χ1v) is 8.61. The summed E-state index contributed by atoms with van der Waals surface area (Å²) in [6.07, 6.45) is -3.10. The first-order valence-electron chi connectivity index (χ1n) is 8.61. The zero-order valence-electron chi connectivity index (χ0n) is 14.8. The normalized spacial score (nSPS) is 11.7. The number of aromatic nitrogens is 4. The van der Waals surface area contributed by atoms with E-state index in [0.717, 1.165) is 0 Å². The van der Waals surface area contributed by atoms with E-state index in [1.165, 1.54) is 0 Å². The van der Waals surface area contributed by atoms with E-state index in [1.54, 1.807) is 53.4 Å². The Morgan fingerprint density at radius 1 is 1.14 bits per heavy atom. The molecule has 0 unspecified atom stereocenters. The van der Waals surface area contributed by atoms with Gasteiger partial charge in [-0.3, -0.25) is 4.79 Å². The van der Waals surface area contributed by atoms with Crippen LogP contribution in [0.4, 0.5) is 13.2 Å². The fourth-order valence-corrected chi connectivity index (χ4v) is 2.81. The summed E-state index contributed by atoms with van der Waals surface area (Å²) < 4.78 is 44.1. The number of carbonyl (C=O) groups is 1. The number of carbonyl (C=O) groups excluding carboxylic acids is 1. The number of imidazole rings is 1.